The Kier molecular flexibility index (Phi) is 5.77. The van der Waals surface area contributed by atoms with E-state index in [1.165, 1.54) is 0 Å². The first-order valence-electron chi connectivity index (χ1n) is 7.50. The van der Waals surface area contributed by atoms with Gasteiger partial charge in [0, 0.05) is 12.5 Å². The number of carbonyl (C=O) groups excluding carboxylic acids is 2. The van der Waals surface area contributed by atoms with E-state index in [0.717, 1.165) is 37.2 Å². The normalized spacial score (nSPS) is 16.2. The number of hydrogen-bond donors (Lipinski definition) is 2. The lowest BCUT2D eigenvalue weighted by atomic mass is 9.96. The number of benzene rings is 1. The molecule has 120 valence electrons. The summed E-state index contributed by atoms with van der Waals surface area (Å²) in [5, 5.41) is 2.90. The number of nitrogens with two attached hydrogens (primary N) is 1. The van der Waals surface area contributed by atoms with E-state index in [1.54, 1.807) is 7.11 Å². The zero-order valence-electron chi connectivity index (χ0n) is 12.9. The number of nitrogens with zero attached hydrogens (tertiary/aromatic N) is 1. The number of piperidine rings is 1. The van der Waals surface area contributed by atoms with Gasteiger partial charge in [0.1, 0.15) is 5.75 Å². The summed E-state index contributed by atoms with van der Waals surface area (Å²) in [7, 11) is 1.62. The predicted octanol–water partition coefficient (Wildman–Crippen LogP) is 0.509. The Morgan fingerprint density at radius 1 is 1.36 bits per heavy atom. The molecule has 1 saturated heterocycles. The molecule has 0 bridgehead atoms. The molecule has 1 aromatic rings. The Morgan fingerprint density at radius 2 is 2.09 bits per heavy atom. The number of rotatable bonds is 6. The molecule has 1 fully saturated rings. The van der Waals surface area contributed by atoms with E-state index >= 15 is 0 Å². The van der Waals surface area contributed by atoms with Crippen LogP contribution in [-0.4, -0.2) is 43.5 Å². The molecule has 0 saturated carbocycles. The Bertz CT molecular complexity index is 525. The van der Waals surface area contributed by atoms with Crippen LogP contribution in [0.4, 0.5) is 0 Å². The lowest BCUT2D eigenvalue weighted by Gasteiger charge is -2.29. The van der Waals surface area contributed by atoms with Crippen molar-refractivity contribution in [3.63, 3.8) is 0 Å². The second-order valence-corrected chi connectivity index (χ2v) is 5.58. The number of hydrogen-bond acceptors (Lipinski definition) is 4. The van der Waals surface area contributed by atoms with Gasteiger partial charge >= 0.3 is 0 Å². The number of ether oxygens (including phenoxy) is 1. The number of carbonyl (C=O) groups is 2. The minimum atomic E-state index is -0.234. The summed E-state index contributed by atoms with van der Waals surface area (Å²) in [6.45, 7) is 2.31. The smallest absolute Gasteiger partial charge is 0.234 e. The summed E-state index contributed by atoms with van der Waals surface area (Å²) < 4.78 is 5.15. The maximum Gasteiger partial charge on any atom is 0.234 e. The molecular weight excluding hydrogens is 282 g/mol. The van der Waals surface area contributed by atoms with Crippen LogP contribution in [0.25, 0.3) is 0 Å². The quantitative estimate of drug-likeness (QED) is 0.802. The molecule has 6 heteroatoms. The molecule has 0 unspecified atom stereocenters. The average Bonchev–Trinajstić information content (AvgIpc) is 2.53. The number of amides is 2. The summed E-state index contributed by atoms with van der Waals surface area (Å²) in [6.07, 6.45) is 1.47. The molecule has 1 aromatic carbocycles. The molecule has 1 heterocycles. The number of likely N-dealkylation sites (tertiary alicyclic amines) is 1. The Morgan fingerprint density at radius 3 is 2.73 bits per heavy atom. The molecule has 6 nitrogen and oxygen atoms in total. The van der Waals surface area contributed by atoms with Crippen LogP contribution in [0.2, 0.25) is 0 Å². The van der Waals surface area contributed by atoms with Gasteiger partial charge in [-0.05, 0) is 43.6 Å². The van der Waals surface area contributed by atoms with Crippen LogP contribution >= 0.6 is 0 Å². The van der Waals surface area contributed by atoms with Gasteiger partial charge in [-0.3, -0.25) is 14.5 Å². The molecule has 1 aliphatic heterocycles. The van der Waals surface area contributed by atoms with E-state index < -0.39 is 0 Å². The molecule has 0 radical (unpaired) electrons. The van der Waals surface area contributed by atoms with Crippen molar-refractivity contribution in [2.45, 2.75) is 19.4 Å². The van der Waals surface area contributed by atoms with E-state index in [-0.39, 0.29) is 17.7 Å². The lowest BCUT2D eigenvalue weighted by Crippen LogP contribution is -2.43. The van der Waals surface area contributed by atoms with Crippen LogP contribution in [0.1, 0.15) is 18.4 Å². The van der Waals surface area contributed by atoms with Gasteiger partial charge in [0.05, 0.1) is 13.7 Å². The standard InChI is InChI=1S/C16H23N3O3/c1-22-14-4-2-3-12(9-14)10-18-15(20)11-19-7-5-13(6-8-19)16(17)21/h2-4,9,13H,5-8,10-11H2,1H3,(H2,17,21)(H,18,20). The van der Waals surface area contributed by atoms with E-state index in [4.69, 9.17) is 10.5 Å². The highest BCUT2D eigenvalue weighted by Crippen LogP contribution is 2.16. The van der Waals surface area contributed by atoms with E-state index in [1.807, 2.05) is 24.3 Å². The summed E-state index contributed by atoms with van der Waals surface area (Å²) in [5.41, 5.74) is 6.30. The van der Waals surface area contributed by atoms with Crippen LogP contribution < -0.4 is 15.8 Å². The molecule has 22 heavy (non-hydrogen) atoms. The fraction of sp³-hybridized carbons (Fsp3) is 0.500. The molecule has 2 amide bonds. The second-order valence-electron chi connectivity index (χ2n) is 5.58. The fourth-order valence-electron chi connectivity index (χ4n) is 2.62. The predicted molar refractivity (Wildman–Crippen MR) is 83.2 cm³/mol. The first-order valence-corrected chi connectivity index (χ1v) is 7.50. The second kappa shape index (κ2) is 7.79. The van der Waals surface area contributed by atoms with Crippen LogP contribution in [0.3, 0.4) is 0 Å². The van der Waals surface area contributed by atoms with Crippen molar-refractivity contribution in [3.8, 4) is 5.75 Å². The zero-order chi connectivity index (χ0) is 15.9. The highest BCUT2D eigenvalue weighted by Gasteiger charge is 2.23. The van der Waals surface area contributed by atoms with Gasteiger partial charge in [0.2, 0.25) is 11.8 Å². The van der Waals surface area contributed by atoms with Crippen molar-refractivity contribution in [2.75, 3.05) is 26.7 Å². The average molecular weight is 305 g/mol. The van der Waals surface area contributed by atoms with Gasteiger partial charge in [-0.25, -0.2) is 0 Å². The minimum absolute atomic E-state index is 0.0136. The zero-order valence-corrected chi connectivity index (χ0v) is 12.9. The van der Waals surface area contributed by atoms with Crippen molar-refractivity contribution in [2.24, 2.45) is 11.7 Å². The molecule has 3 N–H and O–H groups in total. The largest absolute Gasteiger partial charge is 0.497 e. The number of nitrogens with one attached hydrogen (secondary N) is 1. The van der Waals surface area contributed by atoms with Crippen LogP contribution in [-0.2, 0) is 16.1 Å². The third-order valence-electron chi connectivity index (χ3n) is 3.98. The Hall–Kier alpha value is -2.08. The van der Waals surface area contributed by atoms with Gasteiger partial charge in [-0.2, -0.15) is 0 Å². The van der Waals surface area contributed by atoms with Crippen molar-refractivity contribution in [1.82, 2.24) is 10.2 Å². The number of methoxy groups -OCH3 is 1. The maximum absolute atomic E-state index is 12.0. The van der Waals surface area contributed by atoms with E-state index in [9.17, 15) is 9.59 Å². The molecular formula is C16H23N3O3. The fourth-order valence-corrected chi connectivity index (χ4v) is 2.62. The van der Waals surface area contributed by atoms with Crippen molar-refractivity contribution in [3.05, 3.63) is 29.8 Å². The molecule has 0 atom stereocenters. The first-order chi connectivity index (χ1) is 10.6. The minimum Gasteiger partial charge on any atom is -0.497 e. The highest BCUT2D eigenvalue weighted by molar-refractivity contribution is 5.78. The Labute approximate surface area is 130 Å². The molecule has 1 aliphatic rings. The summed E-state index contributed by atoms with van der Waals surface area (Å²) in [4.78, 5) is 25.1. The molecule has 0 spiro atoms. The van der Waals surface area contributed by atoms with Crippen LogP contribution in [0, 0.1) is 5.92 Å². The third kappa shape index (κ3) is 4.73. The van der Waals surface area contributed by atoms with Gasteiger partial charge in [-0.15, -0.1) is 0 Å². The highest BCUT2D eigenvalue weighted by atomic mass is 16.5. The summed E-state index contributed by atoms with van der Waals surface area (Å²) in [6, 6.07) is 7.61. The van der Waals surface area contributed by atoms with E-state index in [0.29, 0.717) is 13.1 Å². The van der Waals surface area contributed by atoms with E-state index in [2.05, 4.69) is 10.2 Å². The van der Waals surface area contributed by atoms with Gasteiger partial charge < -0.3 is 15.8 Å². The maximum atomic E-state index is 12.0. The third-order valence-corrected chi connectivity index (χ3v) is 3.98. The van der Waals surface area contributed by atoms with Crippen LogP contribution in [0.5, 0.6) is 5.75 Å². The molecule has 2 rings (SSSR count). The monoisotopic (exact) mass is 305 g/mol. The lowest BCUT2D eigenvalue weighted by molar-refractivity contribution is -0.124. The van der Waals surface area contributed by atoms with Gasteiger partial charge in [-0.1, -0.05) is 12.1 Å². The van der Waals surface area contributed by atoms with Crippen molar-refractivity contribution in [1.29, 1.82) is 0 Å². The van der Waals surface area contributed by atoms with Crippen LogP contribution in [0.15, 0.2) is 24.3 Å². The molecule has 0 aliphatic carbocycles. The summed E-state index contributed by atoms with van der Waals surface area (Å²) in [5.74, 6) is 0.485. The topological polar surface area (TPSA) is 84.7 Å². The van der Waals surface area contributed by atoms with Crippen molar-refractivity contribution >= 4 is 11.8 Å². The van der Waals surface area contributed by atoms with Gasteiger partial charge in [0.15, 0.2) is 0 Å². The first kappa shape index (κ1) is 16.3. The SMILES string of the molecule is COc1cccc(CNC(=O)CN2CCC(C(N)=O)CC2)c1. The Balaban J connectivity index is 1.73. The van der Waals surface area contributed by atoms with Crippen molar-refractivity contribution < 1.29 is 14.3 Å². The summed E-state index contributed by atoms with van der Waals surface area (Å²) >= 11 is 0. The van der Waals surface area contributed by atoms with Gasteiger partial charge in [0.25, 0.3) is 0 Å². The molecule has 0 aromatic heterocycles. The number of primary amides is 1.